The van der Waals surface area contributed by atoms with Crippen LogP contribution in [0.15, 0.2) is 4.99 Å². The summed E-state index contributed by atoms with van der Waals surface area (Å²) in [7, 11) is 0. The number of amides is 3. The van der Waals surface area contributed by atoms with E-state index in [0.717, 1.165) is 0 Å². The fourth-order valence-electron chi connectivity index (χ4n) is 2.54. The van der Waals surface area contributed by atoms with Crippen molar-refractivity contribution in [1.82, 2.24) is 16.0 Å². The van der Waals surface area contributed by atoms with Crippen LogP contribution in [0.1, 0.15) is 26.2 Å². The van der Waals surface area contributed by atoms with Crippen molar-refractivity contribution < 1.29 is 34.5 Å². The number of nitrogens with one attached hydrogen (secondary N) is 3. The van der Waals surface area contributed by atoms with Crippen molar-refractivity contribution in [2.24, 2.45) is 22.2 Å². The average Bonchev–Trinajstić information content (AvgIpc) is 2.74. The van der Waals surface area contributed by atoms with E-state index < -0.39 is 60.6 Å². The molecule has 3 amide bonds. The number of carboxylic acids is 1. The molecule has 0 saturated carbocycles. The van der Waals surface area contributed by atoms with Gasteiger partial charge in [-0.25, -0.2) is 4.79 Å². The first kappa shape index (κ1) is 30.4. The Morgan fingerprint density at radius 3 is 2.06 bits per heavy atom. The van der Waals surface area contributed by atoms with Crippen molar-refractivity contribution in [3.63, 3.8) is 0 Å². The third kappa shape index (κ3) is 12.3. The number of aliphatic hydroxyl groups excluding tert-OH is 2. The second-order valence-electron chi connectivity index (χ2n) is 7.21. The number of carbonyl (C=O) groups excluding carboxylic acids is 3. The van der Waals surface area contributed by atoms with Crippen LogP contribution in [0.5, 0.6) is 0 Å². The number of carbonyl (C=O) groups is 4. The predicted molar refractivity (Wildman–Crippen MR) is 123 cm³/mol. The Kier molecular flexibility index (Phi) is 14.8. The molecule has 0 aliphatic heterocycles. The van der Waals surface area contributed by atoms with Gasteiger partial charge in [0.05, 0.1) is 18.8 Å². The highest BCUT2D eigenvalue weighted by Gasteiger charge is 2.31. The van der Waals surface area contributed by atoms with Crippen LogP contribution in [0.4, 0.5) is 0 Å². The summed E-state index contributed by atoms with van der Waals surface area (Å²) in [6, 6.07) is -5.11. The highest BCUT2D eigenvalue weighted by atomic mass is 32.2. The Hall–Kier alpha value is -2.62. The molecule has 0 radical (unpaired) electrons. The molecule has 5 atom stereocenters. The fraction of sp³-hybridized carbons (Fsp3) is 0.722. The Bertz CT molecular complexity index is 689. The van der Waals surface area contributed by atoms with E-state index in [1.807, 2.05) is 0 Å². The van der Waals surface area contributed by atoms with Crippen LogP contribution in [0.2, 0.25) is 0 Å². The molecule has 0 fully saturated rings. The molecule has 0 aliphatic rings. The summed E-state index contributed by atoms with van der Waals surface area (Å²) in [5.41, 5.74) is 16.2. The molecule has 0 aliphatic carbocycles. The van der Waals surface area contributed by atoms with Crippen LogP contribution in [-0.2, 0) is 19.2 Å². The highest BCUT2D eigenvalue weighted by molar-refractivity contribution is 7.98. The van der Waals surface area contributed by atoms with Gasteiger partial charge in [-0.3, -0.25) is 19.4 Å². The molecule has 0 heterocycles. The maximum Gasteiger partial charge on any atom is 0.328 e. The zero-order valence-electron chi connectivity index (χ0n) is 18.7. The van der Waals surface area contributed by atoms with Gasteiger partial charge >= 0.3 is 5.97 Å². The molecular formula is C18H35N7O7S. The summed E-state index contributed by atoms with van der Waals surface area (Å²) in [5, 5.41) is 35.1. The summed E-state index contributed by atoms with van der Waals surface area (Å²) in [6.45, 7) is 0.705. The van der Waals surface area contributed by atoms with E-state index in [-0.39, 0.29) is 25.3 Å². The van der Waals surface area contributed by atoms with E-state index >= 15 is 0 Å². The standard InChI is InChI=1S/C18H35N7O7S/c1-9(27)13(17(31)32)25-15(29)11(5-7-33-2)23-16(30)12(8-26)24-14(28)10(19)4-3-6-22-18(20)21/h9-13,26-27H,3-8,19H2,1-2H3,(H,23,30)(H,24,28)(H,25,29)(H,31,32)(H4,20,21,22). The van der Waals surface area contributed by atoms with Gasteiger partial charge in [0.2, 0.25) is 17.7 Å². The molecule has 14 nitrogen and oxygen atoms in total. The summed E-state index contributed by atoms with van der Waals surface area (Å²) >= 11 is 1.39. The minimum Gasteiger partial charge on any atom is -0.480 e. The maximum absolute atomic E-state index is 12.6. The summed E-state index contributed by atoms with van der Waals surface area (Å²) in [6.07, 6.45) is 1.17. The van der Waals surface area contributed by atoms with Gasteiger partial charge in [0.15, 0.2) is 12.0 Å². The van der Waals surface area contributed by atoms with Gasteiger partial charge in [-0.05, 0) is 38.2 Å². The monoisotopic (exact) mass is 493 g/mol. The van der Waals surface area contributed by atoms with Gasteiger partial charge in [-0.15, -0.1) is 0 Å². The molecule has 0 aromatic carbocycles. The lowest BCUT2D eigenvalue weighted by molar-refractivity contribution is -0.145. The van der Waals surface area contributed by atoms with E-state index in [4.69, 9.17) is 22.3 Å². The molecule has 5 unspecified atom stereocenters. The van der Waals surface area contributed by atoms with Gasteiger partial charge in [0, 0.05) is 6.54 Å². The van der Waals surface area contributed by atoms with Gasteiger partial charge in [-0.1, -0.05) is 0 Å². The lowest BCUT2D eigenvalue weighted by atomic mass is 10.1. The number of nitrogens with two attached hydrogens (primary N) is 3. The molecule has 12 N–H and O–H groups in total. The lowest BCUT2D eigenvalue weighted by Crippen LogP contribution is -2.59. The van der Waals surface area contributed by atoms with Crippen LogP contribution in [0, 0.1) is 0 Å². The Balaban J connectivity index is 5.08. The van der Waals surface area contributed by atoms with Crippen LogP contribution in [0.25, 0.3) is 0 Å². The minimum atomic E-state index is -1.57. The summed E-state index contributed by atoms with van der Waals surface area (Å²) < 4.78 is 0. The Labute approximate surface area is 196 Å². The number of guanidine groups is 1. The van der Waals surface area contributed by atoms with Crippen LogP contribution >= 0.6 is 11.8 Å². The summed E-state index contributed by atoms with van der Waals surface area (Å²) in [5.74, 6) is -3.47. The average molecular weight is 494 g/mol. The van der Waals surface area contributed by atoms with Gasteiger partial charge in [0.1, 0.15) is 12.1 Å². The summed E-state index contributed by atoms with van der Waals surface area (Å²) in [4.78, 5) is 52.3. The van der Waals surface area contributed by atoms with Crippen molar-refractivity contribution in [3.8, 4) is 0 Å². The van der Waals surface area contributed by atoms with Crippen molar-refractivity contribution in [2.45, 2.75) is 56.5 Å². The predicted octanol–water partition coefficient (Wildman–Crippen LogP) is -3.97. The molecular weight excluding hydrogens is 458 g/mol. The van der Waals surface area contributed by atoms with Gasteiger partial charge < -0.3 is 48.5 Å². The Morgan fingerprint density at radius 1 is 1.00 bits per heavy atom. The third-order valence-electron chi connectivity index (χ3n) is 4.41. The molecule has 15 heteroatoms. The van der Waals surface area contributed by atoms with Crippen molar-refractivity contribution in [2.75, 3.05) is 25.2 Å². The molecule has 0 bridgehead atoms. The van der Waals surface area contributed by atoms with Crippen LogP contribution in [0.3, 0.4) is 0 Å². The number of rotatable bonds is 16. The minimum absolute atomic E-state index is 0.0896. The lowest BCUT2D eigenvalue weighted by Gasteiger charge is -2.25. The van der Waals surface area contributed by atoms with E-state index in [2.05, 4.69) is 20.9 Å². The quantitative estimate of drug-likeness (QED) is 0.0569. The first-order chi connectivity index (χ1) is 15.4. The zero-order valence-corrected chi connectivity index (χ0v) is 19.5. The van der Waals surface area contributed by atoms with E-state index in [0.29, 0.717) is 12.2 Å². The number of nitrogens with zero attached hydrogens (tertiary/aromatic N) is 1. The largest absolute Gasteiger partial charge is 0.480 e. The second kappa shape index (κ2) is 16.1. The number of carboxylic acid groups (broad SMARTS) is 1. The molecule has 0 rings (SSSR count). The zero-order chi connectivity index (χ0) is 25.6. The molecule has 33 heavy (non-hydrogen) atoms. The number of aliphatic imine (C=N–C) groups is 1. The van der Waals surface area contributed by atoms with Gasteiger partial charge in [-0.2, -0.15) is 11.8 Å². The number of hydrogen-bond donors (Lipinski definition) is 9. The van der Waals surface area contributed by atoms with E-state index in [9.17, 15) is 29.4 Å². The smallest absolute Gasteiger partial charge is 0.328 e. The molecule has 0 aromatic rings. The van der Waals surface area contributed by atoms with Crippen molar-refractivity contribution in [1.29, 1.82) is 0 Å². The Morgan fingerprint density at radius 2 is 1.58 bits per heavy atom. The highest BCUT2D eigenvalue weighted by Crippen LogP contribution is 2.04. The van der Waals surface area contributed by atoms with Crippen molar-refractivity contribution >= 4 is 41.4 Å². The van der Waals surface area contributed by atoms with E-state index in [1.54, 1.807) is 6.26 Å². The van der Waals surface area contributed by atoms with Crippen molar-refractivity contribution in [3.05, 3.63) is 0 Å². The van der Waals surface area contributed by atoms with Gasteiger partial charge in [0.25, 0.3) is 0 Å². The number of aliphatic hydroxyl groups is 2. The van der Waals surface area contributed by atoms with E-state index in [1.165, 1.54) is 18.7 Å². The number of hydrogen-bond acceptors (Lipinski definition) is 9. The maximum atomic E-state index is 12.6. The topological polar surface area (TPSA) is 255 Å². The molecule has 190 valence electrons. The number of aliphatic carboxylic acids is 1. The van der Waals surface area contributed by atoms with Crippen LogP contribution in [-0.4, -0.2) is 100 Å². The molecule has 0 aromatic heterocycles. The first-order valence-electron chi connectivity index (χ1n) is 10.2. The SMILES string of the molecule is CSCCC(NC(=O)C(CO)NC(=O)C(N)CCCN=C(N)N)C(=O)NC(C(=O)O)C(C)O. The molecule has 0 spiro atoms. The first-order valence-corrected chi connectivity index (χ1v) is 11.6. The van der Waals surface area contributed by atoms with Crippen LogP contribution < -0.4 is 33.2 Å². The fourth-order valence-corrected chi connectivity index (χ4v) is 3.01. The number of thioether (sulfide) groups is 1. The normalized spacial score (nSPS) is 15.3. The second-order valence-corrected chi connectivity index (χ2v) is 8.19. The molecule has 0 saturated heterocycles. The third-order valence-corrected chi connectivity index (χ3v) is 5.05.